The van der Waals surface area contributed by atoms with Gasteiger partial charge in [-0.3, -0.25) is 9.59 Å². The Labute approximate surface area is 107 Å². The number of amides is 1. The fourth-order valence-corrected chi connectivity index (χ4v) is 1.78. The Hall–Kier alpha value is -1.62. The first-order chi connectivity index (χ1) is 8.56. The molecule has 1 aromatic heterocycles. The van der Waals surface area contributed by atoms with Crippen LogP contribution in [0.3, 0.4) is 0 Å². The van der Waals surface area contributed by atoms with Crippen LogP contribution in [0.15, 0.2) is 29.2 Å². The Morgan fingerprint density at radius 2 is 2.17 bits per heavy atom. The van der Waals surface area contributed by atoms with Crippen molar-refractivity contribution in [1.29, 1.82) is 0 Å². The van der Waals surface area contributed by atoms with Gasteiger partial charge in [-0.05, 0) is 19.9 Å². The zero-order chi connectivity index (χ0) is 13.5. The second-order valence-corrected chi connectivity index (χ2v) is 4.39. The van der Waals surface area contributed by atoms with Gasteiger partial charge in [-0.15, -0.1) is 0 Å². The van der Waals surface area contributed by atoms with Crippen molar-refractivity contribution in [3.05, 3.63) is 34.7 Å². The molecule has 0 atom stereocenters. The summed E-state index contributed by atoms with van der Waals surface area (Å²) in [7, 11) is 0. The van der Waals surface area contributed by atoms with Gasteiger partial charge in [-0.25, -0.2) is 0 Å². The number of aromatic nitrogens is 1. The summed E-state index contributed by atoms with van der Waals surface area (Å²) >= 11 is 0. The number of pyridine rings is 1. The van der Waals surface area contributed by atoms with Crippen LogP contribution < -0.4 is 5.56 Å². The van der Waals surface area contributed by atoms with Gasteiger partial charge in [0.2, 0.25) is 5.91 Å². The highest BCUT2D eigenvalue weighted by atomic mass is 16.3. The lowest BCUT2D eigenvalue weighted by Crippen LogP contribution is -2.39. The standard InChI is InChI=1S/C13H20N2O3/c1-11(2)15(9-10-16)13(18)6-8-14-7-4-3-5-12(14)17/h3-5,7,11,16H,6,8-10H2,1-2H3. The van der Waals surface area contributed by atoms with Crippen molar-refractivity contribution in [3.8, 4) is 0 Å². The summed E-state index contributed by atoms with van der Waals surface area (Å²) in [4.78, 5) is 25.0. The van der Waals surface area contributed by atoms with E-state index in [1.54, 1.807) is 23.2 Å². The second kappa shape index (κ2) is 6.96. The number of hydrogen-bond acceptors (Lipinski definition) is 3. The Morgan fingerprint density at radius 3 is 2.72 bits per heavy atom. The predicted octanol–water partition coefficient (Wildman–Crippen LogP) is 0.468. The molecule has 1 N–H and O–H groups in total. The molecule has 1 rings (SSSR count). The third-order valence-electron chi connectivity index (χ3n) is 2.75. The summed E-state index contributed by atoms with van der Waals surface area (Å²) < 4.78 is 1.51. The van der Waals surface area contributed by atoms with Gasteiger partial charge in [-0.2, -0.15) is 0 Å². The topological polar surface area (TPSA) is 62.5 Å². The molecule has 0 spiro atoms. The number of nitrogens with zero attached hydrogens (tertiary/aromatic N) is 2. The average molecular weight is 252 g/mol. The van der Waals surface area contributed by atoms with E-state index in [9.17, 15) is 9.59 Å². The fraction of sp³-hybridized carbons (Fsp3) is 0.538. The van der Waals surface area contributed by atoms with Crippen LogP contribution in [0.1, 0.15) is 20.3 Å². The van der Waals surface area contributed by atoms with Crippen LogP contribution in [-0.4, -0.2) is 39.7 Å². The molecule has 0 aliphatic heterocycles. The van der Waals surface area contributed by atoms with Crippen LogP contribution in [0.25, 0.3) is 0 Å². The average Bonchev–Trinajstić information content (AvgIpc) is 2.34. The Bertz CT molecular complexity index is 440. The lowest BCUT2D eigenvalue weighted by atomic mass is 10.2. The fourth-order valence-electron chi connectivity index (χ4n) is 1.78. The third kappa shape index (κ3) is 4.00. The smallest absolute Gasteiger partial charge is 0.250 e. The van der Waals surface area contributed by atoms with Crippen molar-refractivity contribution in [2.75, 3.05) is 13.2 Å². The first-order valence-electron chi connectivity index (χ1n) is 6.12. The largest absolute Gasteiger partial charge is 0.395 e. The third-order valence-corrected chi connectivity index (χ3v) is 2.75. The van der Waals surface area contributed by atoms with Crippen molar-refractivity contribution in [2.45, 2.75) is 32.9 Å². The molecule has 0 aliphatic carbocycles. The van der Waals surface area contributed by atoms with Crippen molar-refractivity contribution in [1.82, 2.24) is 9.47 Å². The zero-order valence-electron chi connectivity index (χ0n) is 10.9. The molecule has 1 amide bonds. The first kappa shape index (κ1) is 14.4. The van der Waals surface area contributed by atoms with E-state index in [0.717, 1.165) is 0 Å². The SMILES string of the molecule is CC(C)N(CCO)C(=O)CCn1ccccc1=O. The van der Waals surface area contributed by atoms with E-state index in [4.69, 9.17) is 5.11 Å². The van der Waals surface area contributed by atoms with Gasteiger partial charge in [0.15, 0.2) is 0 Å². The van der Waals surface area contributed by atoms with E-state index in [1.165, 1.54) is 10.6 Å². The predicted molar refractivity (Wildman–Crippen MR) is 69.3 cm³/mol. The van der Waals surface area contributed by atoms with Gasteiger partial charge in [0, 0.05) is 37.8 Å². The van der Waals surface area contributed by atoms with E-state index < -0.39 is 0 Å². The molecule has 0 unspecified atom stereocenters. The molecule has 0 saturated heterocycles. The Morgan fingerprint density at radius 1 is 1.44 bits per heavy atom. The zero-order valence-corrected chi connectivity index (χ0v) is 10.9. The Balaban J connectivity index is 2.60. The first-order valence-corrected chi connectivity index (χ1v) is 6.12. The molecular weight excluding hydrogens is 232 g/mol. The van der Waals surface area contributed by atoms with Crippen LogP contribution in [0.4, 0.5) is 0 Å². The molecule has 0 aromatic carbocycles. The van der Waals surface area contributed by atoms with Gasteiger partial charge in [0.1, 0.15) is 0 Å². The quantitative estimate of drug-likeness (QED) is 0.800. The molecule has 5 nitrogen and oxygen atoms in total. The van der Waals surface area contributed by atoms with Crippen LogP contribution >= 0.6 is 0 Å². The number of rotatable bonds is 6. The van der Waals surface area contributed by atoms with Crippen molar-refractivity contribution in [2.24, 2.45) is 0 Å². The van der Waals surface area contributed by atoms with E-state index in [1.807, 2.05) is 13.8 Å². The summed E-state index contributed by atoms with van der Waals surface area (Å²) in [6.07, 6.45) is 1.93. The molecule has 0 radical (unpaired) electrons. The van der Waals surface area contributed by atoms with Crippen molar-refractivity contribution < 1.29 is 9.90 Å². The monoisotopic (exact) mass is 252 g/mol. The minimum Gasteiger partial charge on any atom is -0.395 e. The maximum absolute atomic E-state index is 12.0. The molecule has 5 heteroatoms. The van der Waals surface area contributed by atoms with E-state index in [2.05, 4.69) is 0 Å². The van der Waals surface area contributed by atoms with Crippen LogP contribution in [0, 0.1) is 0 Å². The van der Waals surface area contributed by atoms with Gasteiger partial charge >= 0.3 is 0 Å². The van der Waals surface area contributed by atoms with Gasteiger partial charge in [0.05, 0.1) is 6.61 Å². The number of aryl methyl sites for hydroxylation is 1. The van der Waals surface area contributed by atoms with Crippen LogP contribution in [0.2, 0.25) is 0 Å². The van der Waals surface area contributed by atoms with Gasteiger partial charge in [0.25, 0.3) is 5.56 Å². The maximum Gasteiger partial charge on any atom is 0.250 e. The summed E-state index contributed by atoms with van der Waals surface area (Å²) in [6.45, 7) is 4.47. The number of aliphatic hydroxyl groups is 1. The lowest BCUT2D eigenvalue weighted by Gasteiger charge is -2.26. The summed E-state index contributed by atoms with van der Waals surface area (Å²) in [6, 6.07) is 4.96. The second-order valence-electron chi connectivity index (χ2n) is 4.39. The highest BCUT2D eigenvalue weighted by Crippen LogP contribution is 2.02. The minimum absolute atomic E-state index is 0.0464. The van der Waals surface area contributed by atoms with Crippen molar-refractivity contribution >= 4 is 5.91 Å². The van der Waals surface area contributed by atoms with E-state index in [0.29, 0.717) is 13.1 Å². The Kier molecular flexibility index (Phi) is 5.58. The molecule has 0 saturated carbocycles. The molecule has 18 heavy (non-hydrogen) atoms. The molecule has 100 valence electrons. The number of carbonyl (C=O) groups excluding carboxylic acids is 1. The summed E-state index contributed by atoms with van der Waals surface area (Å²) in [5, 5.41) is 8.91. The molecular formula is C13H20N2O3. The summed E-state index contributed by atoms with van der Waals surface area (Å²) in [5.74, 6) is -0.0465. The normalized spacial score (nSPS) is 10.7. The van der Waals surface area contributed by atoms with E-state index >= 15 is 0 Å². The molecule has 0 aliphatic rings. The van der Waals surface area contributed by atoms with Crippen LogP contribution in [-0.2, 0) is 11.3 Å². The highest BCUT2D eigenvalue weighted by Gasteiger charge is 2.15. The van der Waals surface area contributed by atoms with Gasteiger partial charge < -0.3 is 14.6 Å². The minimum atomic E-state index is -0.108. The van der Waals surface area contributed by atoms with Crippen molar-refractivity contribution in [3.63, 3.8) is 0 Å². The van der Waals surface area contributed by atoms with E-state index in [-0.39, 0.29) is 30.5 Å². The highest BCUT2D eigenvalue weighted by molar-refractivity contribution is 5.76. The molecule has 0 bridgehead atoms. The summed E-state index contributed by atoms with van der Waals surface area (Å²) in [5.41, 5.74) is -0.108. The number of aliphatic hydroxyl groups excluding tert-OH is 1. The molecule has 0 fully saturated rings. The van der Waals surface area contributed by atoms with Gasteiger partial charge in [-0.1, -0.05) is 6.07 Å². The number of hydrogen-bond donors (Lipinski definition) is 1. The maximum atomic E-state index is 12.0. The molecule has 1 heterocycles. The lowest BCUT2D eigenvalue weighted by molar-refractivity contribution is -0.133. The van der Waals surface area contributed by atoms with Crippen LogP contribution in [0.5, 0.6) is 0 Å². The number of carbonyl (C=O) groups is 1. The molecule has 1 aromatic rings.